The third-order valence-corrected chi connectivity index (χ3v) is 4.51. The molecule has 2 rings (SSSR count). The fourth-order valence-electron chi connectivity index (χ4n) is 1.93. The molecule has 0 saturated heterocycles. The lowest BCUT2D eigenvalue weighted by atomic mass is 10.0. The molecule has 0 bridgehead atoms. The average Bonchev–Trinajstić information content (AvgIpc) is 2.90. The van der Waals surface area contributed by atoms with E-state index in [2.05, 4.69) is 47.1 Å². The molecule has 0 aromatic carbocycles. The Morgan fingerprint density at radius 3 is 2.65 bits per heavy atom. The maximum absolute atomic E-state index is 4.26. The molecule has 0 saturated carbocycles. The minimum absolute atomic E-state index is 0.221. The van der Waals surface area contributed by atoms with E-state index in [0.717, 1.165) is 5.69 Å². The first-order chi connectivity index (χ1) is 8.15. The van der Waals surface area contributed by atoms with Gasteiger partial charge in [0.15, 0.2) is 0 Å². The molecular formula is C12H17N3S2. The molecule has 92 valence electrons. The SMILES string of the molecule is CNC(c1ccsc1C)c1snnc1C(C)C. The van der Waals surface area contributed by atoms with E-state index in [-0.39, 0.29) is 6.04 Å². The summed E-state index contributed by atoms with van der Waals surface area (Å²) in [7, 11) is 1.99. The Bertz CT molecular complexity index is 487. The topological polar surface area (TPSA) is 37.8 Å². The third kappa shape index (κ3) is 2.41. The first-order valence-electron chi connectivity index (χ1n) is 5.68. The first-order valence-corrected chi connectivity index (χ1v) is 7.33. The fourth-order valence-corrected chi connectivity index (χ4v) is 3.60. The summed E-state index contributed by atoms with van der Waals surface area (Å²) < 4.78 is 4.11. The van der Waals surface area contributed by atoms with Gasteiger partial charge in [0, 0.05) is 4.88 Å². The van der Waals surface area contributed by atoms with Crippen molar-refractivity contribution < 1.29 is 0 Å². The van der Waals surface area contributed by atoms with Crippen LogP contribution >= 0.6 is 22.9 Å². The van der Waals surface area contributed by atoms with Gasteiger partial charge in [0.25, 0.3) is 0 Å². The lowest BCUT2D eigenvalue weighted by molar-refractivity contribution is 0.678. The minimum atomic E-state index is 0.221. The smallest absolute Gasteiger partial charge is 0.0832 e. The van der Waals surface area contributed by atoms with Crippen LogP contribution in [-0.4, -0.2) is 16.6 Å². The number of hydrogen-bond donors (Lipinski definition) is 1. The number of aromatic nitrogens is 2. The van der Waals surface area contributed by atoms with E-state index in [0.29, 0.717) is 5.92 Å². The molecule has 2 heterocycles. The van der Waals surface area contributed by atoms with Gasteiger partial charge < -0.3 is 5.32 Å². The number of nitrogens with zero attached hydrogens (tertiary/aromatic N) is 2. The molecule has 0 aliphatic rings. The molecule has 1 unspecified atom stereocenters. The molecular weight excluding hydrogens is 250 g/mol. The highest BCUT2D eigenvalue weighted by molar-refractivity contribution is 7.10. The number of aryl methyl sites for hydroxylation is 1. The third-order valence-electron chi connectivity index (χ3n) is 2.85. The Kier molecular flexibility index (Phi) is 3.91. The van der Waals surface area contributed by atoms with Crippen LogP contribution < -0.4 is 5.32 Å². The van der Waals surface area contributed by atoms with E-state index in [1.807, 2.05) is 7.05 Å². The summed E-state index contributed by atoms with van der Waals surface area (Å²) in [5.41, 5.74) is 2.45. The molecule has 2 aromatic heterocycles. The quantitative estimate of drug-likeness (QED) is 0.923. The Balaban J connectivity index is 2.43. The summed E-state index contributed by atoms with van der Waals surface area (Å²) in [5, 5.41) is 9.77. The van der Waals surface area contributed by atoms with Gasteiger partial charge in [-0.3, -0.25) is 0 Å². The van der Waals surface area contributed by atoms with Gasteiger partial charge in [0.05, 0.1) is 16.6 Å². The summed E-state index contributed by atoms with van der Waals surface area (Å²) in [5.74, 6) is 0.415. The normalized spacial score (nSPS) is 13.2. The zero-order chi connectivity index (χ0) is 12.4. The molecule has 5 heteroatoms. The van der Waals surface area contributed by atoms with Crippen LogP contribution in [0.15, 0.2) is 11.4 Å². The molecule has 0 fully saturated rings. The first kappa shape index (κ1) is 12.7. The van der Waals surface area contributed by atoms with Crippen LogP contribution in [0, 0.1) is 6.92 Å². The van der Waals surface area contributed by atoms with Gasteiger partial charge in [-0.05, 0) is 48.4 Å². The molecule has 0 amide bonds. The van der Waals surface area contributed by atoms with Gasteiger partial charge in [0.2, 0.25) is 0 Å². The maximum Gasteiger partial charge on any atom is 0.0832 e. The summed E-state index contributed by atoms with van der Waals surface area (Å²) in [4.78, 5) is 2.59. The Morgan fingerprint density at radius 2 is 2.12 bits per heavy atom. The van der Waals surface area contributed by atoms with Crippen LogP contribution in [0.1, 0.15) is 46.8 Å². The van der Waals surface area contributed by atoms with Gasteiger partial charge in [-0.25, -0.2) is 0 Å². The van der Waals surface area contributed by atoms with Crippen LogP contribution in [0.5, 0.6) is 0 Å². The van der Waals surface area contributed by atoms with Crippen molar-refractivity contribution >= 4 is 22.9 Å². The molecule has 0 aliphatic heterocycles. The molecule has 17 heavy (non-hydrogen) atoms. The monoisotopic (exact) mass is 267 g/mol. The van der Waals surface area contributed by atoms with Crippen LogP contribution in [0.2, 0.25) is 0 Å². The number of thiophene rings is 1. The largest absolute Gasteiger partial charge is 0.309 e. The van der Waals surface area contributed by atoms with Crippen molar-refractivity contribution in [3.05, 3.63) is 32.5 Å². The second-order valence-corrected chi connectivity index (χ2v) is 6.24. The average molecular weight is 267 g/mol. The zero-order valence-corrected chi connectivity index (χ0v) is 12.2. The Morgan fingerprint density at radius 1 is 1.35 bits per heavy atom. The Hall–Kier alpha value is -0.780. The molecule has 1 atom stereocenters. The second kappa shape index (κ2) is 5.25. The van der Waals surface area contributed by atoms with E-state index < -0.39 is 0 Å². The van der Waals surface area contributed by atoms with Crippen LogP contribution in [0.4, 0.5) is 0 Å². The van der Waals surface area contributed by atoms with Crippen molar-refractivity contribution in [2.75, 3.05) is 7.05 Å². The van der Waals surface area contributed by atoms with Gasteiger partial charge in [-0.1, -0.05) is 18.3 Å². The minimum Gasteiger partial charge on any atom is -0.309 e. The molecule has 1 N–H and O–H groups in total. The number of rotatable bonds is 4. The molecule has 2 aromatic rings. The highest BCUT2D eigenvalue weighted by Gasteiger charge is 2.22. The highest BCUT2D eigenvalue weighted by atomic mass is 32.1. The molecule has 0 aliphatic carbocycles. The maximum atomic E-state index is 4.26. The van der Waals surface area contributed by atoms with Crippen molar-refractivity contribution in [1.82, 2.24) is 14.9 Å². The summed E-state index contributed by atoms with van der Waals surface area (Å²) in [6.45, 7) is 6.48. The second-order valence-electron chi connectivity index (χ2n) is 4.33. The highest BCUT2D eigenvalue weighted by Crippen LogP contribution is 2.33. The van der Waals surface area contributed by atoms with Crippen LogP contribution in [-0.2, 0) is 0 Å². The molecule has 0 spiro atoms. The molecule has 0 radical (unpaired) electrons. The lowest BCUT2D eigenvalue weighted by Crippen LogP contribution is -2.18. The predicted octanol–water partition coefficient (Wildman–Crippen LogP) is 3.34. The standard InChI is InChI=1S/C12H17N3S2/c1-7(2)10-12(17-15-14-10)11(13-4)9-5-6-16-8(9)3/h5-7,11,13H,1-4H3. The van der Waals surface area contributed by atoms with Crippen molar-refractivity contribution in [1.29, 1.82) is 0 Å². The van der Waals surface area contributed by atoms with Gasteiger partial charge in [0.1, 0.15) is 0 Å². The van der Waals surface area contributed by atoms with Gasteiger partial charge in [-0.2, -0.15) is 0 Å². The zero-order valence-electron chi connectivity index (χ0n) is 10.5. The van der Waals surface area contributed by atoms with Gasteiger partial charge >= 0.3 is 0 Å². The summed E-state index contributed by atoms with van der Waals surface area (Å²) in [6, 6.07) is 2.41. The lowest BCUT2D eigenvalue weighted by Gasteiger charge is -2.16. The Labute approximate surface area is 110 Å². The van der Waals surface area contributed by atoms with E-state index in [1.165, 1.54) is 26.9 Å². The van der Waals surface area contributed by atoms with E-state index in [9.17, 15) is 0 Å². The number of nitrogens with one attached hydrogen (secondary N) is 1. The van der Waals surface area contributed by atoms with Crippen molar-refractivity contribution in [2.24, 2.45) is 0 Å². The van der Waals surface area contributed by atoms with Crippen LogP contribution in [0.3, 0.4) is 0 Å². The van der Waals surface area contributed by atoms with Crippen LogP contribution in [0.25, 0.3) is 0 Å². The summed E-state index contributed by atoms with van der Waals surface area (Å²) >= 11 is 3.28. The number of hydrogen-bond acceptors (Lipinski definition) is 5. The van der Waals surface area contributed by atoms with Gasteiger partial charge in [-0.15, -0.1) is 16.4 Å². The fraction of sp³-hybridized carbons (Fsp3) is 0.500. The van der Waals surface area contributed by atoms with E-state index >= 15 is 0 Å². The van der Waals surface area contributed by atoms with Crippen molar-refractivity contribution in [3.63, 3.8) is 0 Å². The predicted molar refractivity (Wildman–Crippen MR) is 74.0 cm³/mol. The van der Waals surface area contributed by atoms with E-state index in [1.54, 1.807) is 11.3 Å². The van der Waals surface area contributed by atoms with Crippen molar-refractivity contribution in [3.8, 4) is 0 Å². The molecule has 3 nitrogen and oxygen atoms in total. The summed E-state index contributed by atoms with van der Waals surface area (Å²) in [6.07, 6.45) is 0. The van der Waals surface area contributed by atoms with Crippen molar-refractivity contribution in [2.45, 2.75) is 32.7 Å². The van der Waals surface area contributed by atoms with E-state index in [4.69, 9.17) is 0 Å².